The lowest BCUT2D eigenvalue weighted by atomic mass is 10.0. The molecule has 0 amide bonds. The van der Waals surface area contributed by atoms with Crippen LogP contribution in [0.3, 0.4) is 0 Å². The van der Waals surface area contributed by atoms with E-state index in [0.29, 0.717) is 44.7 Å². The predicted octanol–water partition coefficient (Wildman–Crippen LogP) is 8.38. The average Bonchev–Trinajstić information content (AvgIpc) is 3.82. The van der Waals surface area contributed by atoms with E-state index in [9.17, 15) is 30.3 Å². The standard InChI is InChI=1S/C33H20N6O6/c40-37(41)22-7-1-19(2-8-22)31-25-13-15-27(34-25)32(20-3-9-23(10-4-20)38(42)43)29-17-18-30(36-29)33(28-16-14-26(31)35-28)21-5-11-24(12-6-21)39(44)45/h1-18,34-35H. The monoisotopic (exact) mass is 596 g/mol. The molecule has 6 bridgehead atoms. The second-order valence-corrected chi connectivity index (χ2v) is 10.3. The molecule has 6 aromatic rings. The molecule has 0 saturated carbocycles. The lowest BCUT2D eigenvalue weighted by Crippen LogP contribution is -1.91. The number of H-pyrrole nitrogens is 2. The third-order valence-corrected chi connectivity index (χ3v) is 7.70. The summed E-state index contributed by atoms with van der Waals surface area (Å²) in [5, 5.41) is 34.1. The molecule has 0 atom stereocenters. The Hall–Kier alpha value is -6.69. The Labute approximate surface area is 253 Å². The number of nitro benzene ring substituents is 3. The second kappa shape index (κ2) is 10.5. The summed E-state index contributed by atoms with van der Waals surface area (Å²) in [5.41, 5.74) is 8.22. The van der Waals surface area contributed by atoms with Gasteiger partial charge in [-0.1, -0.05) is 0 Å². The number of hydrogen-bond acceptors (Lipinski definition) is 7. The third kappa shape index (κ3) is 4.81. The normalized spacial score (nSPS) is 11.6. The summed E-state index contributed by atoms with van der Waals surface area (Å²) in [6, 6.07) is 26.3. The fourth-order valence-corrected chi connectivity index (χ4v) is 5.60. The second-order valence-electron chi connectivity index (χ2n) is 10.3. The van der Waals surface area contributed by atoms with Gasteiger partial charge in [0.2, 0.25) is 0 Å². The number of rotatable bonds is 6. The predicted molar refractivity (Wildman–Crippen MR) is 171 cm³/mol. The van der Waals surface area contributed by atoms with Crippen molar-refractivity contribution in [2.45, 2.75) is 0 Å². The highest BCUT2D eigenvalue weighted by molar-refractivity contribution is 6.00. The highest BCUT2D eigenvalue weighted by Gasteiger charge is 2.18. The van der Waals surface area contributed by atoms with Crippen molar-refractivity contribution in [1.29, 1.82) is 0 Å². The first-order chi connectivity index (χ1) is 21.8. The number of fused-ring (bicyclic) bond motifs is 6. The van der Waals surface area contributed by atoms with E-state index in [-0.39, 0.29) is 17.1 Å². The smallest absolute Gasteiger partial charge is 0.269 e. The first kappa shape index (κ1) is 27.2. The fraction of sp³-hybridized carbons (Fsp3) is 0. The molecule has 1 aliphatic heterocycles. The number of hydrogen-bond donors (Lipinski definition) is 2. The largest absolute Gasteiger partial charge is 0.354 e. The minimum absolute atomic E-state index is 0.0357. The first-order valence-corrected chi connectivity index (χ1v) is 13.7. The van der Waals surface area contributed by atoms with Crippen molar-refractivity contribution in [2.24, 2.45) is 0 Å². The Bertz CT molecular complexity index is 2150. The number of nitro groups is 3. The maximum absolute atomic E-state index is 11.4. The van der Waals surface area contributed by atoms with Gasteiger partial charge in [-0.25, -0.2) is 4.98 Å². The molecule has 0 aliphatic carbocycles. The van der Waals surface area contributed by atoms with Gasteiger partial charge in [0.25, 0.3) is 17.1 Å². The molecule has 0 radical (unpaired) electrons. The van der Waals surface area contributed by atoms with Gasteiger partial charge in [0.1, 0.15) is 0 Å². The van der Waals surface area contributed by atoms with E-state index in [2.05, 4.69) is 9.97 Å². The minimum Gasteiger partial charge on any atom is -0.354 e. The van der Waals surface area contributed by atoms with Gasteiger partial charge in [0, 0.05) is 75.2 Å². The van der Waals surface area contributed by atoms with Crippen LogP contribution in [0, 0.1) is 30.3 Å². The summed E-state index contributed by atoms with van der Waals surface area (Å²) in [7, 11) is 0. The van der Waals surface area contributed by atoms with Crippen molar-refractivity contribution >= 4 is 51.3 Å². The van der Waals surface area contributed by atoms with Gasteiger partial charge in [0.05, 0.1) is 26.2 Å². The van der Waals surface area contributed by atoms with E-state index in [0.717, 1.165) is 22.2 Å². The molecule has 0 fully saturated rings. The van der Waals surface area contributed by atoms with Crippen LogP contribution in [0.2, 0.25) is 0 Å². The maximum atomic E-state index is 11.4. The highest BCUT2D eigenvalue weighted by atomic mass is 16.6. The Kier molecular flexibility index (Phi) is 6.36. The fourth-order valence-electron chi connectivity index (χ4n) is 5.60. The third-order valence-electron chi connectivity index (χ3n) is 7.70. The van der Waals surface area contributed by atoms with Crippen LogP contribution in [0.15, 0.2) is 97.1 Å². The van der Waals surface area contributed by atoms with Crippen LogP contribution in [-0.2, 0) is 0 Å². The summed E-state index contributed by atoms with van der Waals surface area (Å²) in [6.07, 6.45) is 3.72. The Morgan fingerprint density at radius 3 is 1.02 bits per heavy atom. The molecule has 0 spiro atoms. The van der Waals surface area contributed by atoms with Crippen LogP contribution in [0.4, 0.5) is 17.1 Å². The Balaban J connectivity index is 1.58. The summed E-state index contributed by atoms with van der Waals surface area (Å²) < 4.78 is 0. The molecule has 7 rings (SSSR count). The number of benzene rings is 3. The number of nitrogens with one attached hydrogen (secondary N) is 2. The SMILES string of the molecule is O=[N+]([O-])c1ccc(-c2c3nc(c(-c4ccc([N+](=O)[O-])cc4)c4ccc([nH]4)c(-c4ccc([N+](=O)[O-])cc4)c4ccc2[nH]4)C=C3)cc1. The van der Waals surface area contributed by atoms with Crippen LogP contribution in [-0.4, -0.2) is 29.7 Å². The van der Waals surface area contributed by atoms with Crippen molar-refractivity contribution in [1.82, 2.24) is 15.0 Å². The molecule has 0 saturated heterocycles. The summed E-state index contributed by atoms with van der Waals surface area (Å²) >= 11 is 0. The number of non-ortho nitro benzene ring substituents is 3. The number of nitrogens with zero attached hydrogens (tertiary/aromatic N) is 4. The Morgan fingerprint density at radius 2 is 0.711 bits per heavy atom. The van der Waals surface area contributed by atoms with Gasteiger partial charge in [0.15, 0.2) is 0 Å². The van der Waals surface area contributed by atoms with E-state index in [4.69, 9.17) is 4.98 Å². The van der Waals surface area contributed by atoms with Gasteiger partial charge in [-0.3, -0.25) is 30.3 Å². The van der Waals surface area contributed by atoms with Crippen molar-refractivity contribution in [3.8, 4) is 33.4 Å². The zero-order valence-electron chi connectivity index (χ0n) is 23.1. The summed E-state index contributed by atoms with van der Waals surface area (Å²) in [6.45, 7) is 0. The molecule has 3 aromatic heterocycles. The van der Waals surface area contributed by atoms with E-state index in [1.807, 2.05) is 36.4 Å². The van der Waals surface area contributed by atoms with Crippen LogP contribution < -0.4 is 0 Å². The number of aromatic nitrogens is 3. The van der Waals surface area contributed by atoms with Crippen LogP contribution in [0.5, 0.6) is 0 Å². The lowest BCUT2D eigenvalue weighted by molar-refractivity contribution is -0.385. The molecule has 218 valence electrons. The molecule has 45 heavy (non-hydrogen) atoms. The molecule has 12 heteroatoms. The van der Waals surface area contributed by atoms with Gasteiger partial charge in [-0.15, -0.1) is 0 Å². The van der Waals surface area contributed by atoms with Crippen molar-refractivity contribution in [3.05, 3.63) is 139 Å². The van der Waals surface area contributed by atoms with Crippen molar-refractivity contribution in [2.75, 3.05) is 0 Å². The average molecular weight is 597 g/mol. The molecular formula is C33H20N6O6. The molecule has 3 aromatic carbocycles. The van der Waals surface area contributed by atoms with E-state index < -0.39 is 14.8 Å². The van der Waals surface area contributed by atoms with Crippen LogP contribution in [0.25, 0.3) is 67.6 Å². The number of aromatic amines is 2. The highest BCUT2D eigenvalue weighted by Crippen LogP contribution is 2.38. The minimum atomic E-state index is -0.456. The molecule has 0 unspecified atom stereocenters. The van der Waals surface area contributed by atoms with Gasteiger partial charge in [-0.05, 0) is 89.5 Å². The Morgan fingerprint density at radius 1 is 0.422 bits per heavy atom. The van der Waals surface area contributed by atoms with Crippen LogP contribution in [0.1, 0.15) is 11.4 Å². The summed E-state index contributed by atoms with van der Waals surface area (Å²) in [4.78, 5) is 44.7. The zero-order valence-corrected chi connectivity index (χ0v) is 23.1. The van der Waals surface area contributed by atoms with E-state index >= 15 is 0 Å². The van der Waals surface area contributed by atoms with Gasteiger partial charge < -0.3 is 9.97 Å². The molecular weight excluding hydrogens is 576 g/mol. The van der Waals surface area contributed by atoms with Gasteiger partial charge in [-0.2, -0.15) is 0 Å². The molecule has 2 N–H and O–H groups in total. The quantitative estimate of drug-likeness (QED) is 0.143. The maximum Gasteiger partial charge on any atom is 0.269 e. The first-order valence-electron chi connectivity index (χ1n) is 13.7. The van der Waals surface area contributed by atoms with Gasteiger partial charge >= 0.3 is 0 Å². The summed E-state index contributed by atoms with van der Waals surface area (Å²) in [5.74, 6) is 0. The lowest BCUT2D eigenvalue weighted by Gasteiger charge is -2.07. The molecule has 12 nitrogen and oxygen atoms in total. The molecule has 1 aliphatic rings. The van der Waals surface area contributed by atoms with Crippen molar-refractivity contribution < 1.29 is 14.8 Å². The topological polar surface area (TPSA) is 174 Å². The van der Waals surface area contributed by atoms with Crippen molar-refractivity contribution in [3.63, 3.8) is 0 Å². The molecule has 4 heterocycles. The zero-order chi connectivity index (χ0) is 31.2. The van der Waals surface area contributed by atoms with Crippen LogP contribution >= 0.6 is 0 Å². The van der Waals surface area contributed by atoms with E-state index in [1.54, 1.807) is 36.4 Å². The van der Waals surface area contributed by atoms with E-state index in [1.165, 1.54) is 36.4 Å².